The lowest BCUT2D eigenvalue weighted by Crippen LogP contribution is -2.17. The van der Waals surface area contributed by atoms with Gasteiger partial charge in [-0.2, -0.15) is 5.10 Å². The number of nitrogens with zero attached hydrogens (tertiary/aromatic N) is 1. The second kappa shape index (κ2) is 5.31. The van der Waals surface area contributed by atoms with Crippen molar-refractivity contribution in [3.63, 3.8) is 0 Å². The average molecular weight is 242 g/mol. The maximum absolute atomic E-state index is 11.7. The third-order valence-corrected chi connectivity index (χ3v) is 2.27. The summed E-state index contributed by atoms with van der Waals surface area (Å²) in [6.07, 6.45) is 0. The molecule has 18 heavy (non-hydrogen) atoms. The van der Waals surface area contributed by atoms with Crippen molar-refractivity contribution in [2.75, 3.05) is 0 Å². The molecule has 0 aliphatic rings. The van der Waals surface area contributed by atoms with E-state index in [-0.39, 0.29) is 11.7 Å². The molecule has 1 heterocycles. The standard InChI is InChI=1S/C14H14N2O2/c1-10(2)15-16-14(17)13-9-8-12(18-13)11-6-4-3-5-7-11/h3-9H,1-2H3,(H,16,17). The zero-order valence-corrected chi connectivity index (χ0v) is 10.3. The highest BCUT2D eigenvalue weighted by Crippen LogP contribution is 2.21. The van der Waals surface area contributed by atoms with E-state index in [0.29, 0.717) is 5.76 Å². The molecule has 1 aromatic heterocycles. The molecule has 2 aromatic rings. The lowest BCUT2D eigenvalue weighted by atomic mass is 10.2. The molecule has 4 nitrogen and oxygen atoms in total. The molecule has 0 aliphatic heterocycles. The Morgan fingerprint density at radius 2 is 1.83 bits per heavy atom. The van der Waals surface area contributed by atoms with Crippen LogP contribution in [0.4, 0.5) is 0 Å². The maximum atomic E-state index is 11.7. The highest BCUT2D eigenvalue weighted by Gasteiger charge is 2.11. The van der Waals surface area contributed by atoms with Crippen LogP contribution >= 0.6 is 0 Å². The Bertz CT molecular complexity index is 566. The SMILES string of the molecule is CC(C)=NNC(=O)c1ccc(-c2ccccc2)o1. The van der Waals surface area contributed by atoms with Crippen molar-refractivity contribution in [2.24, 2.45) is 5.10 Å². The summed E-state index contributed by atoms with van der Waals surface area (Å²) in [5.74, 6) is 0.565. The van der Waals surface area contributed by atoms with E-state index in [4.69, 9.17) is 4.42 Å². The largest absolute Gasteiger partial charge is 0.451 e. The van der Waals surface area contributed by atoms with Crippen molar-refractivity contribution >= 4 is 11.6 Å². The zero-order chi connectivity index (χ0) is 13.0. The summed E-state index contributed by atoms with van der Waals surface area (Å²) in [6, 6.07) is 13.0. The number of carbonyl (C=O) groups excluding carboxylic acids is 1. The number of rotatable bonds is 3. The molecule has 0 fully saturated rings. The molecule has 92 valence electrons. The first-order valence-electron chi connectivity index (χ1n) is 5.63. The first-order chi connectivity index (χ1) is 8.66. The second-order valence-electron chi connectivity index (χ2n) is 4.03. The van der Waals surface area contributed by atoms with Gasteiger partial charge in [-0.1, -0.05) is 30.3 Å². The monoisotopic (exact) mass is 242 g/mol. The quantitative estimate of drug-likeness (QED) is 0.664. The van der Waals surface area contributed by atoms with Crippen LogP contribution in [0.1, 0.15) is 24.4 Å². The van der Waals surface area contributed by atoms with Crippen molar-refractivity contribution in [3.05, 3.63) is 48.2 Å². The fourth-order valence-electron chi connectivity index (χ4n) is 1.44. The van der Waals surface area contributed by atoms with E-state index in [2.05, 4.69) is 10.5 Å². The molecular weight excluding hydrogens is 228 g/mol. The van der Waals surface area contributed by atoms with Crippen LogP contribution in [0.25, 0.3) is 11.3 Å². The van der Waals surface area contributed by atoms with Gasteiger partial charge in [-0.15, -0.1) is 0 Å². The molecule has 0 aliphatic carbocycles. The van der Waals surface area contributed by atoms with Gasteiger partial charge >= 0.3 is 5.91 Å². The molecule has 0 radical (unpaired) electrons. The third-order valence-electron chi connectivity index (χ3n) is 2.27. The minimum atomic E-state index is -0.349. The predicted molar refractivity (Wildman–Crippen MR) is 70.4 cm³/mol. The van der Waals surface area contributed by atoms with Crippen LogP contribution in [-0.4, -0.2) is 11.6 Å². The van der Waals surface area contributed by atoms with Gasteiger partial charge in [0.25, 0.3) is 0 Å². The molecule has 1 amide bonds. The van der Waals surface area contributed by atoms with Crippen LogP contribution in [0.3, 0.4) is 0 Å². The van der Waals surface area contributed by atoms with E-state index in [1.165, 1.54) is 0 Å². The Labute approximate surface area is 105 Å². The topological polar surface area (TPSA) is 54.6 Å². The third kappa shape index (κ3) is 2.85. The number of carbonyl (C=O) groups is 1. The normalized spacial score (nSPS) is 9.89. The Balaban J connectivity index is 2.16. The van der Waals surface area contributed by atoms with E-state index >= 15 is 0 Å². The Morgan fingerprint density at radius 3 is 2.50 bits per heavy atom. The number of benzene rings is 1. The number of hydrazone groups is 1. The minimum Gasteiger partial charge on any atom is -0.451 e. The summed E-state index contributed by atoms with van der Waals surface area (Å²) in [7, 11) is 0. The van der Waals surface area contributed by atoms with E-state index in [9.17, 15) is 4.79 Å². The molecule has 0 spiro atoms. The van der Waals surface area contributed by atoms with E-state index in [1.54, 1.807) is 26.0 Å². The molecule has 0 bridgehead atoms. The Kier molecular flexibility index (Phi) is 3.57. The van der Waals surface area contributed by atoms with Crippen LogP contribution in [0.2, 0.25) is 0 Å². The van der Waals surface area contributed by atoms with Gasteiger partial charge in [0.1, 0.15) is 5.76 Å². The van der Waals surface area contributed by atoms with Gasteiger partial charge in [-0.3, -0.25) is 4.79 Å². The van der Waals surface area contributed by atoms with Crippen molar-refractivity contribution in [1.82, 2.24) is 5.43 Å². The molecule has 0 unspecified atom stereocenters. The smallest absolute Gasteiger partial charge is 0.307 e. The molecule has 0 saturated heterocycles. The fraction of sp³-hybridized carbons (Fsp3) is 0.143. The number of amides is 1. The van der Waals surface area contributed by atoms with Gasteiger partial charge in [0, 0.05) is 11.3 Å². The first kappa shape index (κ1) is 12.1. The zero-order valence-electron chi connectivity index (χ0n) is 10.3. The number of furan rings is 1. The van der Waals surface area contributed by atoms with Gasteiger partial charge in [0.15, 0.2) is 5.76 Å². The predicted octanol–water partition coefficient (Wildman–Crippen LogP) is 3.07. The van der Waals surface area contributed by atoms with Crippen LogP contribution in [-0.2, 0) is 0 Å². The summed E-state index contributed by atoms with van der Waals surface area (Å²) in [5, 5.41) is 3.84. The van der Waals surface area contributed by atoms with Crippen molar-refractivity contribution in [1.29, 1.82) is 0 Å². The lowest BCUT2D eigenvalue weighted by Gasteiger charge is -1.97. The summed E-state index contributed by atoms with van der Waals surface area (Å²) >= 11 is 0. The van der Waals surface area contributed by atoms with Gasteiger partial charge in [0.05, 0.1) is 0 Å². The summed E-state index contributed by atoms with van der Waals surface area (Å²) in [5.41, 5.74) is 4.13. The molecule has 2 rings (SSSR count). The molecule has 1 aromatic carbocycles. The Morgan fingerprint density at radius 1 is 1.11 bits per heavy atom. The lowest BCUT2D eigenvalue weighted by molar-refractivity contribution is 0.0928. The Hall–Kier alpha value is -2.36. The van der Waals surface area contributed by atoms with E-state index < -0.39 is 0 Å². The van der Waals surface area contributed by atoms with E-state index in [1.807, 2.05) is 30.3 Å². The number of hydrogen-bond donors (Lipinski definition) is 1. The van der Waals surface area contributed by atoms with Crippen LogP contribution in [0, 0.1) is 0 Å². The van der Waals surface area contributed by atoms with Crippen LogP contribution < -0.4 is 5.43 Å². The highest BCUT2D eigenvalue weighted by atomic mass is 16.4. The van der Waals surface area contributed by atoms with Gasteiger partial charge in [0.2, 0.25) is 0 Å². The summed E-state index contributed by atoms with van der Waals surface area (Å²) < 4.78 is 5.48. The number of nitrogens with one attached hydrogen (secondary N) is 1. The fourth-order valence-corrected chi connectivity index (χ4v) is 1.44. The highest BCUT2D eigenvalue weighted by molar-refractivity contribution is 5.93. The molecule has 4 heteroatoms. The van der Waals surface area contributed by atoms with Gasteiger partial charge in [-0.05, 0) is 26.0 Å². The van der Waals surface area contributed by atoms with E-state index in [0.717, 1.165) is 11.3 Å². The molecular formula is C14H14N2O2. The van der Waals surface area contributed by atoms with Gasteiger partial charge in [-0.25, -0.2) is 5.43 Å². The second-order valence-corrected chi connectivity index (χ2v) is 4.03. The minimum absolute atomic E-state index is 0.249. The molecule has 0 atom stereocenters. The molecule has 0 saturated carbocycles. The van der Waals surface area contributed by atoms with Crippen LogP contribution in [0.15, 0.2) is 52.0 Å². The molecule has 1 N–H and O–H groups in total. The average Bonchev–Trinajstić information content (AvgIpc) is 2.86. The summed E-state index contributed by atoms with van der Waals surface area (Å²) in [4.78, 5) is 11.7. The summed E-state index contributed by atoms with van der Waals surface area (Å²) in [6.45, 7) is 3.61. The van der Waals surface area contributed by atoms with Crippen molar-refractivity contribution in [3.8, 4) is 11.3 Å². The number of hydrogen-bond acceptors (Lipinski definition) is 3. The first-order valence-corrected chi connectivity index (χ1v) is 5.63. The van der Waals surface area contributed by atoms with Crippen molar-refractivity contribution < 1.29 is 9.21 Å². The van der Waals surface area contributed by atoms with Crippen LogP contribution in [0.5, 0.6) is 0 Å². The van der Waals surface area contributed by atoms with Crippen molar-refractivity contribution in [2.45, 2.75) is 13.8 Å². The maximum Gasteiger partial charge on any atom is 0.307 e. The van der Waals surface area contributed by atoms with Gasteiger partial charge < -0.3 is 4.42 Å².